The van der Waals surface area contributed by atoms with Crippen LogP contribution in [0.15, 0.2) is 46.4 Å². The number of carbonyl (C=O) groups excluding carboxylic acids is 3. The summed E-state index contributed by atoms with van der Waals surface area (Å²) in [6, 6.07) is 9.05. The van der Waals surface area contributed by atoms with Gasteiger partial charge in [0.05, 0.1) is 23.2 Å². The molecule has 0 spiro atoms. The molecule has 45 heavy (non-hydrogen) atoms. The first-order chi connectivity index (χ1) is 21.5. The number of nitrogens with zero attached hydrogens (tertiary/aromatic N) is 4. The number of esters is 1. The first kappa shape index (κ1) is 32.3. The zero-order valence-electron chi connectivity index (χ0n) is 24.9. The monoisotopic (exact) mass is 657 g/mol. The molecule has 2 aliphatic heterocycles. The summed E-state index contributed by atoms with van der Waals surface area (Å²) >= 11 is 1.30. The van der Waals surface area contributed by atoms with E-state index in [9.17, 15) is 22.8 Å². The molecule has 2 amide bonds. The molecule has 3 heterocycles. The highest BCUT2D eigenvalue weighted by molar-refractivity contribution is 7.89. The highest BCUT2D eigenvalue weighted by Crippen LogP contribution is 2.29. The normalized spacial score (nSPS) is 19.2. The van der Waals surface area contributed by atoms with Crippen LogP contribution in [0.5, 0.6) is 0 Å². The summed E-state index contributed by atoms with van der Waals surface area (Å²) in [4.78, 5) is 45.6. The van der Waals surface area contributed by atoms with Gasteiger partial charge < -0.3 is 31.2 Å². The minimum Gasteiger partial charge on any atom is -0.465 e. The summed E-state index contributed by atoms with van der Waals surface area (Å²) in [6.07, 6.45) is 0.468. The van der Waals surface area contributed by atoms with Gasteiger partial charge in [0.25, 0.3) is 5.91 Å². The minimum absolute atomic E-state index is 0.0131. The van der Waals surface area contributed by atoms with E-state index in [1.54, 1.807) is 31.2 Å². The van der Waals surface area contributed by atoms with Gasteiger partial charge in [-0.3, -0.25) is 14.4 Å². The third kappa shape index (κ3) is 7.08. The fourth-order valence-electron chi connectivity index (χ4n) is 5.43. The number of nitrogens with two attached hydrogens (primary N) is 1. The number of aromatic nitrogens is 1. The van der Waals surface area contributed by atoms with E-state index in [1.807, 2.05) is 6.92 Å². The molecule has 0 bridgehead atoms. The number of hydrogen-bond acceptors (Lipinski definition) is 11. The number of hydrogen-bond donors (Lipinski definition) is 4. The number of benzene rings is 2. The van der Waals surface area contributed by atoms with E-state index in [4.69, 9.17) is 15.7 Å². The Balaban J connectivity index is 1.38. The molecule has 1 saturated heterocycles. The Morgan fingerprint density at radius 2 is 1.96 bits per heavy atom. The molecule has 5 N–H and O–H groups in total. The Kier molecular flexibility index (Phi) is 9.67. The number of amides is 2. The SMILES string of the molecule is CCOC(=O)CNC(=O)CC1CN(S(=O)(=O)c2ccc3cc(/C(N)=N/O)ccc3c2)CCN1C(=O)c1nc2c(s1)CNC(C)C2. The molecule has 2 aromatic carbocycles. The Morgan fingerprint density at radius 3 is 2.71 bits per heavy atom. The molecule has 0 radical (unpaired) electrons. The lowest BCUT2D eigenvalue weighted by molar-refractivity contribution is -0.143. The number of carbonyl (C=O) groups is 3. The Labute approximate surface area is 264 Å². The van der Waals surface area contributed by atoms with E-state index >= 15 is 0 Å². The van der Waals surface area contributed by atoms with Gasteiger partial charge in [0.2, 0.25) is 15.9 Å². The van der Waals surface area contributed by atoms with E-state index in [2.05, 4.69) is 20.8 Å². The maximum atomic E-state index is 13.9. The second kappa shape index (κ2) is 13.5. The summed E-state index contributed by atoms with van der Waals surface area (Å²) < 4.78 is 33.8. The van der Waals surface area contributed by atoms with E-state index in [-0.39, 0.29) is 61.9 Å². The third-order valence-electron chi connectivity index (χ3n) is 7.79. The highest BCUT2D eigenvalue weighted by atomic mass is 32.2. The molecule has 3 aromatic rings. The van der Waals surface area contributed by atoms with Crippen LogP contribution < -0.4 is 16.4 Å². The number of sulfonamides is 1. The van der Waals surface area contributed by atoms with Crippen LogP contribution in [0.1, 0.15) is 46.2 Å². The lowest BCUT2D eigenvalue weighted by atomic mass is 10.1. The molecule has 0 aliphatic carbocycles. The Hall–Kier alpha value is -4.12. The molecule has 1 aromatic heterocycles. The molecule has 1 fully saturated rings. The molecule has 0 saturated carbocycles. The van der Waals surface area contributed by atoms with E-state index in [1.165, 1.54) is 32.7 Å². The second-order valence-corrected chi connectivity index (χ2v) is 13.9. The number of ether oxygens (including phenoxy) is 1. The van der Waals surface area contributed by atoms with Crippen molar-refractivity contribution in [2.45, 2.75) is 50.2 Å². The second-order valence-electron chi connectivity index (χ2n) is 10.9. The summed E-state index contributed by atoms with van der Waals surface area (Å²) in [5.74, 6) is -1.55. The van der Waals surface area contributed by atoms with Crippen molar-refractivity contribution in [2.75, 3.05) is 32.8 Å². The number of nitrogens with one attached hydrogen (secondary N) is 2. The number of fused-ring (bicyclic) bond motifs is 2. The summed E-state index contributed by atoms with van der Waals surface area (Å²) in [5, 5.41) is 19.5. The number of thiazole rings is 1. The van der Waals surface area contributed by atoms with E-state index in [0.29, 0.717) is 34.3 Å². The van der Waals surface area contributed by atoms with Crippen molar-refractivity contribution in [1.29, 1.82) is 0 Å². The van der Waals surface area contributed by atoms with Gasteiger partial charge in [-0.05, 0) is 42.8 Å². The van der Waals surface area contributed by atoms with Gasteiger partial charge in [-0.2, -0.15) is 4.31 Å². The van der Waals surface area contributed by atoms with Crippen LogP contribution in [-0.4, -0.2) is 96.3 Å². The van der Waals surface area contributed by atoms with Crippen molar-refractivity contribution in [3.63, 3.8) is 0 Å². The quantitative estimate of drug-likeness (QED) is 0.0848. The molecule has 2 aliphatic rings. The van der Waals surface area contributed by atoms with Crippen molar-refractivity contribution in [3.8, 4) is 0 Å². The maximum Gasteiger partial charge on any atom is 0.325 e. The van der Waals surface area contributed by atoms with Gasteiger partial charge in [-0.25, -0.2) is 13.4 Å². The van der Waals surface area contributed by atoms with Gasteiger partial charge in [0, 0.05) is 55.5 Å². The van der Waals surface area contributed by atoms with Crippen molar-refractivity contribution in [3.05, 3.63) is 57.5 Å². The predicted octanol–water partition coefficient (Wildman–Crippen LogP) is 1.01. The van der Waals surface area contributed by atoms with E-state index in [0.717, 1.165) is 10.6 Å². The number of amidine groups is 1. The summed E-state index contributed by atoms with van der Waals surface area (Å²) in [6.45, 7) is 4.07. The van der Waals surface area contributed by atoms with Gasteiger partial charge in [-0.1, -0.05) is 23.4 Å². The van der Waals surface area contributed by atoms with Crippen molar-refractivity contribution in [1.82, 2.24) is 24.8 Å². The smallest absolute Gasteiger partial charge is 0.325 e. The maximum absolute atomic E-state index is 13.9. The third-order valence-corrected chi connectivity index (χ3v) is 10.7. The van der Waals surface area contributed by atoms with Crippen LogP contribution >= 0.6 is 11.3 Å². The highest BCUT2D eigenvalue weighted by Gasteiger charge is 2.39. The predicted molar refractivity (Wildman–Crippen MR) is 166 cm³/mol. The van der Waals surface area contributed by atoms with Crippen LogP contribution in [0.25, 0.3) is 10.8 Å². The molecule has 240 valence electrons. The summed E-state index contributed by atoms with van der Waals surface area (Å²) in [7, 11) is -4.03. The van der Waals surface area contributed by atoms with Gasteiger partial charge in [-0.15, -0.1) is 11.3 Å². The lowest BCUT2D eigenvalue weighted by Gasteiger charge is -2.40. The molecule has 14 nitrogen and oxygen atoms in total. The van der Waals surface area contributed by atoms with Gasteiger partial charge in [0.1, 0.15) is 6.54 Å². The minimum atomic E-state index is -4.03. The lowest BCUT2D eigenvalue weighted by Crippen LogP contribution is -2.57. The number of piperazine rings is 1. The topological polar surface area (TPSA) is 197 Å². The summed E-state index contributed by atoms with van der Waals surface area (Å²) in [5.41, 5.74) is 7.04. The fraction of sp³-hybridized carbons (Fsp3) is 0.414. The van der Waals surface area contributed by atoms with Crippen LogP contribution in [0.2, 0.25) is 0 Å². The van der Waals surface area contributed by atoms with E-state index < -0.39 is 27.9 Å². The van der Waals surface area contributed by atoms with Crippen LogP contribution in [0, 0.1) is 0 Å². The van der Waals surface area contributed by atoms with Crippen molar-refractivity contribution < 1.29 is 32.7 Å². The molecular weight excluding hydrogens is 622 g/mol. The Morgan fingerprint density at radius 1 is 1.20 bits per heavy atom. The zero-order valence-corrected chi connectivity index (χ0v) is 26.5. The zero-order chi connectivity index (χ0) is 32.3. The van der Waals surface area contributed by atoms with Crippen molar-refractivity contribution >= 4 is 55.8 Å². The van der Waals surface area contributed by atoms with Gasteiger partial charge >= 0.3 is 5.97 Å². The Bertz CT molecular complexity index is 1760. The first-order valence-electron chi connectivity index (χ1n) is 14.5. The molecule has 2 atom stereocenters. The number of rotatable bonds is 9. The fourth-order valence-corrected chi connectivity index (χ4v) is 7.93. The standard InChI is InChI=1S/C29H35N7O7S2/c1-3-43-26(38)15-32-25(37)13-21-16-35(8-9-36(21)29(39)28-33-23-10-17(2)31-14-24(23)44-28)45(41,42)22-7-6-18-11-20(27(30)34-40)5-4-19(18)12-22/h4-7,11-12,17,21,31,40H,3,8-10,13-16H2,1-2H3,(H2,30,34)(H,32,37). The largest absolute Gasteiger partial charge is 0.465 e. The molecular formula is C29H35N7O7S2. The first-order valence-corrected chi connectivity index (χ1v) is 16.7. The number of oxime groups is 1. The van der Waals surface area contributed by atoms with Crippen LogP contribution in [-0.2, 0) is 37.3 Å². The average Bonchev–Trinajstić information content (AvgIpc) is 3.46. The average molecular weight is 658 g/mol. The molecule has 2 unspecified atom stereocenters. The van der Waals surface area contributed by atoms with Crippen LogP contribution in [0.3, 0.4) is 0 Å². The van der Waals surface area contributed by atoms with Gasteiger partial charge in [0.15, 0.2) is 10.8 Å². The molecule has 16 heteroatoms. The van der Waals surface area contributed by atoms with Crippen LogP contribution in [0.4, 0.5) is 0 Å². The molecule has 5 rings (SSSR count). The van der Waals surface area contributed by atoms with Crippen molar-refractivity contribution in [2.24, 2.45) is 10.9 Å².